The van der Waals surface area contributed by atoms with E-state index in [2.05, 4.69) is 16.0 Å². The molecule has 2 heterocycles. The fourth-order valence-electron chi connectivity index (χ4n) is 3.15. The third-order valence-corrected chi connectivity index (χ3v) is 4.51. The smallest absolute Gasteiger partial charge is 0.290 e. The molecule has 0 fully saturated rings. The fraction of sp³-hybridized carbons (Fsp3) is 0.238. The lowest BCUT2D eigenvalue weighted by molar-refractivity contribution is 0.0842. The van der Waals surface area contributed by atoms with Gasteiger partial charge in [0, 0.05) is 29.7 Å². The summed E-state index contributed by atoms with van der Waals surface area (Å²) in [5, 5.41) is 4.02. The molecule has 2 aromatic heterocycles. The lowest BCUT2D eigenvalue weighted by Gasteiger charge is -2.10. The van der Waals surface area contributed by atoms with Crippen LogP contribution < -0.4 is 16.4 Å². The van der Waals surface area contributed by atoms with Crippen LogP contribution in [0, 0.1) is 13.8 Å². The Labute approximate surface area is 168 Å². The second-order valence-electron chi connectivity index (χ2n) is 6.64. The van der Waals surface area contributed by atoms with Gasteiger partial charge in [-0.1, -0.05) is 25.1 Å². The second kappa shape index (κ2) is 8.55. The lowest BCUT2D eigenvalue weighted by atomic mass is 10.2. The molecule has 2 N–H and O–H groups in total. The van der Waals surface area contributed by atoms with Crippen LogP contribution in [0.1, 0.15) is 45.6 Å². The molecule has 0 radical (unpaired) electrons. The summed E-state index contributed by atoms with van der Waals surface area (Å²) in [5.41, 5.74) is 7.61. The molecule has 0 saturated carbocycles. The van der Waals surface area contributed by atoms with Crippen LogP contribution in [0.2, 0.25) is 0 Å². The van der Waals surface area contributed by atoms with E-state index in [1.165, 1.54) is 16.8 Å². The first-order valence-electron chi connectivity index (χ1n) is 9.35. The van der Waals surface area contributed by atoms with Crippen molar-refractivity contribution < 1.29 is 9.59 Å². The molecule has 0 atom stereocenters. The van der Waals surface area contributed by atoms with Gasteiger partial charge in [0.1, 0.15) is 0 Å². The zero-order valence-corrected chi connectivity index (χ0v) is 16.6. The van der Waals surface area contributed by atoms with Gasteiger partial charge in [0.25, 0.3) is 17.4 Å². The molecule has 0 spiro atoms. The highest BCUT2D eigenvalue weighted by atomic mass is 16.2. The van der Waals surface area contributed by atoms with Gasteiger partial charge in [0.05, 0.1) is 5.56 Å². The molecule has 8 heteroatoms. The zero-order chi connectivity index (χ0) is 21.0. The number of aromatic nitrogens is 3. The number of nitrogens with zero attached hydrogens (tertiary/aromatic N) is 3. The normalized spacial score (nSPS) is 10.6. The minimum atomic E-state index is -0.597. The summed E-state index contributed by atoms with van der Waals surface area (Å²) in [6.45, 7) is 6.08. The molecular formula is C21H23N5O3. The minimum absolute atomic E-state index is 0.0492. The Hall–Kier alpha value is -3.68. The molecule has 0 saturated heterocycles. The van der Waals surface area contributed by atoms with E-state index >= 15 is 0 Å². The highest BCUT2D eigenvalue weighted by Crippen LogP contribution is 2.20. The van der Waals surface area contributed by atoms with Crippen LogP contribution in [-0.4, -0.2) is 26.2 Å². The van der Waals surface area contributed by atoms with Gasteiger partial charge in [-0.2, -0.15) is 5.10 Å². The van der Waals surface area contributed by atoms with Gasteiger partial charge in [-0.3, -0.25) is 25.2 Å². The van der Waals surface area contributed by atoms with E-state index in [4.69, 9.17) is 0 Å². The number of hydrogen-bond acceptors (Lipinski definition) is 4. The number of para-hydroxylation sites is 1. The van der Waals surface area contributed by atoms with Gasteiger partial charge < -0.3 is 4.57 Å². The van der Waals surface area contributed by atoms with Crippen LogP contribution >= 0.6 is 0 Å². The summed E-state index contributed by atoms with van der Waals surface area (Å²) in [4.78, 5) is 36.6. The topological polar surface area (TPSA) is 98.0 Å². The van der Waals surface area contributed by atoms with Crippen LogP contribution in [0.3, 0.4) is 0 Å². The van der Waals surface area contributed by atoms with E-state index < -0.39 is 11.8 Å². The summed E-state index contributed by atoms with van der Waals surface area (Å²) in [6.07, 6.45) is 0.714. The SMILES string of the molecule is CCCn1nc(C(=O)NNC(=O)c2cc(C)n(-c3ccccc3)c2C)ccc1=O. The highest BCUT2D eigenvalue weighted by Gasteiger charge is 2.18. The minimum Gasteiger partial charge on any atom is -0.318 e. The van der Waals surface area contributed by atoms with E-state index in [-0.39, 0.29) is 11.3 Å². The van der Waals surface area contributed by atoms with Crippen LogP contribution in [0.15, 0.2) is 53.3 Å². The number of carbonyl (C=O) groups is 2. The summed E-state index contributed by atoms with van der Waals surface area (Å²) in [7, 11) is 0. The predicted octanol–water partition coefficient (Wildman–Crippen LogP) is 2.14. The van der Waals surface area contributed by atoms with Crippen molar-refractivity contribution >= 4 is 11.8 Å². The molecule has 2 amide bonds. The van der Waals surface area contributed by atoms with Crippen molar-refractivity contribution in [1.82, 2.24) is 25.2 Å². The maximum atomic E-state index is 12.6. The molecule has 1 aromatic carbocycles. The maximum Gasteiger partial charge on any atom is 0.290 e. The maximum absolute atomic E-state index is 12.6. The van der Waals surface area contributed by atoms with Gasteiger partial charge in [-0.05, 0) is 44.5 Å². The molecule has 29 heavy (non-hydrogen) atoms. The number of rotatable bonds is 5. The van der Waals surface area contributed by atoms with Crippen LogP contribution in [0.5, 0.6) is 0 Å². The molecular weight excluding hydrogens is 370 g/mol. The predicted molar refractivity (Wildman–Crippen MR) is 109 cm³/mol. The Morgan fingerprint density at radius 1 is 1.00 bits per heavy atom. The van der Waals surface area contributed by atoms with Gasteiger partial charge in [0.2, 0.25) is 0 Å². The first-order chi connectivity index (χ1) is 13.9. The Balaban J connectivity index is 1.74. The van der Waals surface area contributed by atoms with E-state index in [1.54, 1.807) is 6.07 Å². The van der Waals surface area contributed by atoms with Crippen molar-refractivity contribution in [3.63, 3.8) is 0 Å². The number of aryl methyl sites for hydroxylation is 2. The molecule has 150 valence electrons. The molecule has 0 unspecified atom stereocenters. The summed E-state index contributed by atoms with van der Waals surface area (Å²) >= 11 is 0. The average molecular weight is 393 g/mol. The number of hydrogen-bond donors (Lipinski definition) is 2. The summed E-state index contributed by atoms with van der Waals surface area (Å²) < 4.78 is 3.20. The van der Waals surface area contributed by atoms with Crippen molar-refractivity contribution in [3.05, 3.63) is 81.5 Å². The Bertz CT molecular complexity index is 1100. The van der Waals surface area contributed by atoms with Crippen LogP contribution in [0.25, 0.3) is 5.69 Å². The molecule has 0 aliphatic heterocycles. The highest BCUT2D eigenvalue weighted by molar-refractivity contribution is 5.99. The molecule has 0 aliphatic carbocycles. The van der Waals surface area contributed by atoms with Crippen molar-refractivity contribution in [3.8, 4) is 5.69 Å². The van der Waals surface area contributed by atoms with Gasteiger partial charge in [-0.15, -0.1) is 0 Å². The van der Waals surface area contributed by atoms with Crippen molar-refractivity contribution in [1.29, 1.82) is 0 Å². The Morgan fingerprint density at radius 2 is 1.69 bits per heavy atom. The summed E-state index contributed by atoms with van der Waals surface area (Å²) in [6, 6.07) is 14.1. The van der Waals surface area contributed by atoms with Crippen molar-refractivity contribution in [2.75, 3.05) is 0 Å². The van der Waals surface area contributed by atoms with Gasteiger partial charge in [0.15, 0.2) is 5.69 Å². The molecule has 3 rings (SSSR count). The first-order valence-corrected chi connectivity index (χ1v) is 9.35. The number of amides is 2. The van der Waals surface area contributed by atoms with E-state index in [9.17, 15) is 14.4 Å². The van der Waals surface area contributed by atoms with E-state index in [0.717, 1.165) is 17.1 Å². The average Bonchev–Trinajstić information content (AvgIpc) is 3.02. The lowest BCUT2D eigenvalue weighted by Crippen LogP contribution is -2.42. The zero-order valence-electron chi connectivity index (χ0n) is 16.6. The quantitative estimate of drug-likeness (QED) is 0.649. The fourth-order valence-corrected chi connectivity index (χ4v) is 3.15. The number of benzene rings is 1. The second-order valence-corrected chi connectivity index (χ2v) is 6.64. The molecule has 0 aliphatic rings. The van der Waals surface area contributed by atoms with Gasteiger partial charge >= 0.3 is 0 Å². The Morgan fingerprint density at radius 3 is 2.38 bits per heavy atom. The Kier molecular flexibility index (Phi) is 5.92. The van der Waals surface area contributed by atoms with Crippen LogP contribution in [0.4, 0.5) is 0 Å². The van der Waals surface area contributed by atoms with Crippen molar-refractivity contribution in [2.45, 2.75) is 33.7 Å². The summed E-state index contributed by atoms with van der Waals surface area (Å²) in [5.74, 6) is -1.03. The largest absolute Gasteiger partial charge is 0.318 e. The standard InChI is InChI=1S/C21H23N5O3/c1-4-12-25-19(27)11-10-18(24-25)21(29)23-22-20(28)17-13-14(2)26(15(17)3)16-8-6-5-7-9-16/h5-11,13H,4,12H2,1-3H3,(H,22,28)(H,23,29). The first kappa shape index (κ1) is 20.1. The van der Waals surface area contributed by atoms with Crippen LogP contribution in [-0.2, 0) is 6.54 Å². The monoisotopic (exact) mass is 393 g/mol. The third kappa shape index (κ3) is 4.26. The van der Waals surface area contributed by atoms with E-state index in [1.807, 2.05) is 55.7 Å². The molecule has 0 bridgehead atoms. The van der Waals surface area contributed by atoms with Crippen molar-refractivity contribution in [2.24, 2.45) is 0 Å². The number of nitrogens with one attached hydrogen (secondary N) is 2. The third-order valence-electron chi connectivity index (χ3n) is 4.51. The van der Waals surface area contributed by atoms with E-state index in [0.29, 0.717) is 18.5 Å². The number of carbonyl (C=O) groups excluding carboxylic acids is 2. The number of hydrazine groups is 1. The van der Waals surface area contributed by atoms with Gasteiger partial charge in [-0.25, -0.2) is 4.68 Å². The molecule has 8 nitrogen and oxygen atoms in total. The molecule has 3 aromatic rings.